The van der Waals surface area contributed by atoms with Gasteiger partial charge in [0.15, 0.2) is 18.9 Å². The number of aldehydes is 3. The molecule has 2 N–H and O–H groups in total. The molecule has 0 atom stereocenters. The van der Waals surface area contributed by atoms with Crippen LogP contribution in [0.1, 0.15) is 110 Å². The summed E-state index contributed by atoms with van der Waals surface area (Å²) in [6, 6.07) is 12.5. The summed E-state index contributed by atoms with van der Waals surface area (Å²) in [5, 5.41) is 18.8. The standard InChI is InChI=1S/C12H15BrO2.C11H13BrO2.C11H14O2/c1-12(2,3)9-5-8(7-14)11(15-4)10(13)6-9;1-11(2,3)8-4-7(6-13)10(14)9(12)5-8;1-11(2,3)9-4-5-10(13)8(6-9)7-12/h5-7H,1-4H3;4-6,14H,1-3H3;4-7,13H,1-3H3. The van der Waals surface area contributed by atoms with Crippen molar-refractivity contribution in [1.29, 1.82) is 0 Å². The summed E-state index contributed by atoms with van der Waals surface area (Å²) in [5.74, 6) is 0.647. The molecule has 0 aliphatic rings. The normalized spacial score (nSPS) is 11.3. The molecule has 0 saturated carbocycles. The fourth-order valence-electron chi connectivity index (χ4n) is 3.61. The second-order valence-corrected chi connectivity index (χ2v) is 14.6. The summed E-state index contributed by atoms with van der Waals surface area (Å²) in [5.41, 5.74) is 4.42. The van der Waals surface area contributed by atoms with Crippen LogP contribution in [0.2, 0.25) is 0 Å². The molecule has 42 heavy (non-hydrogen) atoms. The number of ether oxygens (including phenoxy) is 1. The molecule has 8 heteroatoms. The van der Waals surface area contributed by atoms with E-state index in [1.807, 2.05) is 24.3 Å². The Morgan fingerprint density at radius 3 is 1.40 bits per heavy atom. The summed E-state index contributed by atoms with van der Waals surface area (Å²) < 4.78 is 6.54. The highest BCUT2D eigenvalue weighted by atomic mass is 79.9. The number of hydrogen-bond donors (Lipinski definition) is 2. The number of rotatable bonds is 4. The van der Waals surface area contributed by atoms with Gasteiger partial charge in [0.05, 0.1) is 32.7 Å². The van der Waals surface area contributed by atoms with Crippen molar-refractivity contribution in [2.45, 2.75) is 78.6 Å². The van der Waals surface area contributed by atoms with E-state index < -0.39 is 0 Å². The molecule has 228 valence electrons. The van der Waals surface area contributed by atoms with E-state index in [1.165, 1.54) is 0 Å². The number of carbonyl (C=O) groups excluding carboxylic acids is 3. The molecular weight excluding hydrogens is 664 g/mol. The number of hydrogen-bond acceptors (Lipinski definition) is 6. The first-order valence-corrected chi connectivity index (χ1v) is 14.9. The van der Waals surface area contributed by atoms with Crippen LogP contribution in [0, 0.1) is 0 Å². The Morgan fingerprint density at radius 1 is 0.595 bits per heavy atom. The van der Waals surface area contributed by atoms with Gasteiger partial charge < -0.3 is 14.9 Å². The van der Waals surface area contributed by atoms with Crippen molar-refractivity contribution in [1.82, 2.24) is 0 Å². The third-order valence-electron chi connectivity index (χ3n) is 6.38. The predicted octanol–water partition coefficient (Wildman–Crippen LogP) is 9.33. The van der Waals surface area contributed by atoms with E-state index >= 15 is 0 Å². The van der Waals surface area contributed by atoms with Crippen LogP contribution in [0.5, 0.6) is 17.2 Å². The summed E-state index contributed by atoms with van der Waals surface area (Å²) in [7, 11) is 1.56. The minimum atomic E-state index is -0.0338. The van der Waals surface area contributed by atoms with Crippen LogP contribution >= 0.6 is 31.9 Å². The number of carbonyl (C=O) groups is 3. The maximum atomic E-state index is 10.9. The van der Waals surface area contributed by atoms with Gasteiger partial charge in [-0.3, -0.25) is 14.4 Å². The van der Waals surface area contributed by atoms with Gasteiger partial charge in [-0.05, 0) is 101 Å². The molecule has 6 nitrogen and oxygen atoms in total. The predicted molar refractivity (Wildman–Crippen MR) is 177 cm³/mol. The van der Waals surface area contributed by atoms with Crippen LogP contribution in [0.15, 0.2) is 51.4 Å². The van der Waals surface area contributed by atoms with Gasteiger partial charge in [0.1, 0.15) is 17.2 Å². The molecule has 3 rings (SSSR count). The maximum Gasteiger partial charge on any atom is 0.153 e. The SMILES string of the molecule is CC(C)(C)c1cc(Br)c(O)c(C=O)c1.CC(C)(C)c1ccc(O)c(C=O)c1.COc1c(Br)cc(C(C)(C)C)cc1C=O. The summed E-state index contributed by atoms with van der Waals surface area (Å²) >= 11 is 6.63. The average molecular weight is 707 g/mol. The highest BCUT2D eigenvalue weighted by Crippen LogP contribution is 2.35. The van der Waals surface area contributed by atoms with E-state index in [9.17, 15) is 24.6 Å². The Balaban J connectivity index is 0.000000316. The number of phenols is 2. The van der Waals surface area contributed by atoms with Crippen LogP contribution < -0.4 is 4.74 Å². The minimum Gasteiger partial charge on any atom is -0.507 e. The van der Waals surface area contributed by atoms with E-state index in [-0.39, 0.29) is 27.7 Å². The lowest BCUT2D eigenvalue weighted by atomic mass is 9.86. The zero-order valence-electron chi connectivity index (χ0n) is 26.1. The Morgan fingerprint density at radius 2 is 1.00 bits per heavy atom. The molecule has 0 bridgehead atoms. The first kappa shape index (κ1) is 37.1. The molecule has 3 aromatic rings. The van der Waals surface area contributed by atoms with Crippen molar-refractivity contribution in [3.63, 3.8) is 0 Å². The molecule has 0 unspecified atom stereocenters. The van der Waals surface area contributed by atoms with Gasteiger partial charge in [0, 0.05) is 0 Å². The van der Waals surface area contributed by atoms with Crippen LogP contribution in [-0.2, 0) is 16.2 Å². The fourth-order valence-corrected chi connectivity index (χ4v) is 4.72. The first-order chi connectivity index (χ1) is 19.2. The van der Waals surface area contributed by atoms with Crippen molar-refractivity contribution in [2.24, 2.45) is 0 Å². The van der Waals surface area contributed by atoms with Gasteiger partial charge in [-0.25, -0.2) is 0 Å². The zero-order valence-corrected chi connectivity index (χ0v) is 29.2. The molecule has 0 aliphatic heterocycles. The van der Waals surface area contributed by atoms with Crippen molar-refractivity contribution >= 4 is 50.7 Å². The molecule has 0 spiro atoms. The largest absolute Gasteiger partial charge is 0.507 e. The molecule has 0 radical (unpaired) electrons. The molecule has 0 heterocycles. The van der Waals surface area contributed by atoms with Crippen LogP contribution in [0.4, 0.5) is 0 Å². The number of halogens is 2. The van der Waals surface area contributed by atoms with Crippen molar-refractivity contribution in [3.8, 4) is 17.2 Å². The monoisotopic (exact) mass is 704 g/mol. The van der Waals surface area contributed by atoms with E-state index in [0.29, 0.717) is 39.5 Å². The quantitative estimate of drug-likeness (QED) is 0.263. The van der Waals surface area contributed by atoms with Crippen LogP contribution in [0.25, 0.3) is 0 Å². The third kappa shape index (κ3) is 10.4. The lowest BCUT2D eigenvalue weighted by molar-refractivity contribution is 0.111. The summed E-state index contributed by atoms with van der Waals surface area (Å²) in [4.78, 5) is 32.1. The number of phenolic OH excluding ortho intramolecular Hbond substituents is 2. The second kappa shape index (κ2) is 15.0. The number of benzene rings is 3. The highest BCUT2D eigenvalue weighted by Gasteiger charge is 2.19. The summed E-state index contributed by atoms with van der Waals surface area (Å²) in [6.07, 6.45) is 2.15. The smallest absolute Gasteiger partial charge is 0.153 e. The van der Waals surface area contributed by atoms with Crippen molar-refractivity contribution < 1.29 is 29.3 Å². The van der Waals surface area contributed by atoms with Crippen molar-refractivity contribution in [2.75, 3.05) is 7.11 Å². The van der Waals surface area contributed by atoms with E-state index in [0.717, 1.165) is 27.4 Å². The molecule has 0 saturated heterocycles. The Labute approximate surface area is 266 Å². The zero-order chi connectivity index (χ0) is 32.6. The molecule has 0 aromatic heterocycles. The molecular formula is C34H42Br2O6. The third-order valence-corrected chi connectivity index (χ3v) is 7.57. The van der Waals surface area contributed by atoms with Gasteiger partial charge in [0.2, 0.25) is 0 Å². The molecule has 3 aromatic carbocycles. The minimum absolute atomic E-state index is 0.00542. The van der Waals surface area contributed by atoms with Crippen LogP contribution in [0.3, 0.4) is 0 Å². The van der Waals surface area contributed by atoms with Gasteiger partial charge in [-0.1, -0.05) is 68.4 Å². The molecule has 0 aliphatic carbocycles. The Hall–Kier alpha value is -2.97. The Kier molecular flexibility index (Phi) is 13.2. The van der Waals surface area contributed by atoms with Crippen molar-refractivity contribution in [3.05, 3.63) is 84.8 Å². The van der Waals surface area contributed by atoms with Gasteiger partial charge in [-0.15, -0.1) is 0 Å². The highest BCUT2D eigenvalue weighted by molar-refractivity contribution is 9.11. The molecule has 0 fully saturated rings. The second-order valence-electron chi connectivity index (χ2n) is 12.9. The average Bonchev–Trinajstić information content (AvgIpc) is 2.88. The van der Waals surface area contributed by atoms with E-state index in [4.69, 9.17) is 4.74 Å². The van der Waals surface area contributed by atoms with Gasteiger partial charge >= 0.3 is 0 Å². The lowest BCUT2D eigenvalue weighted by Gasteiger charge is -2.21. The Bertz CT molecular complexity index is 1410. The number of methoxy groups -OCH3 is 1. The van der Waals surface area contributed by atoms with E-state index in [2.05, 4.69) is 94.2 Å². The van der Waals surface area contributed by atoms with Gasteiger partial charge in [-0.2, -0.15) is 0 Å². The summed E-state index contributed by atoms with van der Waals surface area (Å²) in [6.45, 7) is 18.7. The van der Waals surface area contributed by atoms with Crippen LogP contribution in [-0.4, -0.2) is 36.2 Å². The number of aromatic hydroxyl groups is 2. The first-order valence-electron chi connectivity index (χ1n) is 13.3. The fraction of sp³-hybridized carbons (Fsp3) is 0.382. The molecule has 0 amide bonds. The van der Waals surface area contributed by atoms with Gasteiger partial charge in [0.25, 0.3) is 0 Å². The topological polar surface area (TPSA) is 101 Å². The van der Waals surface area contributed by atoms with E-state index in [1.54, 1.807) is 25.3 Å². The lowest BCUT2D eigenvalue weighted by Crippen LogP contribution is -2.12. The maximum absolute atomic E-state index is 10.9.